The number of carbonyl (C=O) groups excluding carboxylic acids is 1. The highest BCUT2D eigenvalue weighted by molar-refractivity contribution is 7.89. The molecule has 0 bridgehead atoms. The zero-order valence-corrected chi connectivity index (χ0v) is 15.4. The van der Waals surface area contributed by atoms with Crippen LogP contribution in [0.15, 0.2) is 71.9 Å². The van der Waals surface area contributed by atoms with Crippen LogP contribution in [0.25, 0.3) is 0 Å². The van der Waals surface area contributed by atoms with Gasteiger partial charge in [-0.15, -0.1) is 0 Å². The number of anilines is 2. The highest BCUT2D eigenvalue weighted by atomic mass is 32.2. The van der Waals surface area contributed by atoms with E-state index in [0.29, 0.717) is 11.4 Å². The molecule has 0 aliphatic carbocycles. The molecule has 2 amide bonds. The zero-order valence-electron chi connectivity index (χ0n) is 14.6. The van der Waals surface area contributed by atoms with E-state index in [9.17, 15) is 13.2 Å². The number of amides is 2. The molecule has 0 fully saturated rings. The van der Waals surface area contributed by atoms with E-state index in [1.807, 2.05) is 30.3 Å². The van der Waals surface area contributed by atoms with Gasteiger partial charge < -0.3 is 10.6 Å². The van der Waals surface area contributed by atoms with Gasteiger partial charge in [0.2, 0.25) is 10.0 Å². The fraction of sp³-hybridized carbons (Fsp3) is 0.111. The summed E-state index contributed by atoms with van der Waals surface area (Å²) >= 11 is 0. The van der Waals surface area contributed by atoms with E-state index >= 15 is 0 Å². The van der Waals surface area contributed by atoms with E-state index in [-0.39, 0.29) is 11.4 Å². The summed E-state index contributed by atoms with van der Waals surface area (Å²) in [5.74, 6) is 0. The zero-order chi connectivity index (χ0) is 19.3. The van der Waals surface area contributed by atoms with Gasteiger partial charge >= 0.3 is 6.03 Å². The van der Waals surface area contributed by atoms with Gasteiger partial charge in [-0.25, -0.2) is 13.2 Å². The van der Waals surface area contributed by atoms with Gasteiger partial charge in [-0.05, 0) is 29.8 Å². The number of carbonyl (C=O) groups is 1. The first-order valence-corrected chi connectivity index (χ1v) is 9.56. The molecule has 0 aliphatic heterocycles. The van der Waals surface area contributed by atoms with Crippen molar-refractivity contribution in [2.24, 2.45) is 0 Å². The van der Waals surface area contributed by atoms with Crippen LogP contribution in [0, 0.1) is 0 Å². The fourth-order valence-corrected chi connectivity index (χ4v) is 3.59. The lowest BCUT2D eigenvalue weighted by Crippen LogP contribution is -2.26. The molecular formula is C18H19N5O3S. The van der Waals surface area contributed by atoms with Gasteiger partial charge in [-0.3, -0.25) is 5.10 Å². The second-order valence-corrected chi connectivity index (χ2v) is 7.88. The summed E-state index contributed by atoms with van der Waals surface area (Å²) in [6.45, 7) is 0.274. The quantitative estimate of drug-likeness (QED) is 0.606. The molecule has 8 nitrogen and oxygen atoms in total. The molecule has 1 aromatic heterocycles. The Morgan fingerprint density at radius 3 is 2.33 bits per heavy atom. The number of H-pyrrole nitrogens is 1. The highest BCUT2D eigenvalue weighted by Crippen LogP contribution is 2.19. The van der Waals surface area contributed by atoms with E-state index in [1.165, 1.54) is 48.0 Å². The summed E-state index contributed by atoms with van der Waals surface area (Å²) in [5.41, 5.74) is 1.90. The number of hydrogen-bond acceptors (Lipinski definition) is 4. The number of nitrogens with one attached hydrogen (secondary N) is 3. The molecule has 3 aromatic rings. The summed E-state index contributed by atoms with van der Waals surface area (Å²) in [6, 6.07) is 14.9. The molecule has 0 aliphatic rings. The van der Waals surface area contributed by atoms with E-state index in [2.05, 4.69) is 20.8 Å². The lowest BCUT2D eigenvalue weighted by atomic mass is 10.2. The second-order valence-electron chi connectivity index (χ2n) is 5.84. The average Bonchev–Trinajstić information content (AvgIpc) is 3.16. The molecule has 0 unspecified atom stereocenters. The van der Waals surface area contributed by atoms with Crippen molar-refractivity contribution in [3.05, 3.63) is 72.6 Å². The largest absolute Gasteiger partial charge is 0.323 e. The Kier molecular flexibility index (Phi) is 5.53. The minimum absolute atomic E-state index is 0.154. The first kappa shape index (κ1) is 18.6. The van der Waals surface area contributed by atoms with E-state index in [4.69, 9.17) is 0 Å². The van der Waals surface area contributed by atoms with Crippen LogP contribution < -0.4 is 10.6 Å². The molecule has 2 aromatic carbocycles. The van der Waals surface area contributed by atoms with Crippen LogP contribution in [0.2, 0.25) is 0 Å². The fourth-order valence-electron chi connectivity index (χ4n) is 2.43. The number of aromatic nitrogens is 2. The molecular weight excluding hydrogens is 366 g/mol. The molecule has 0 saturated carbocycles. The third-order valence-electron chi connectivity index (χ3n) is 3.82. The summed E-state index contributed by atoms with van der Waals surface area (Å²) in [7, 11) is -2.10. The summed E-state index contributed by atoms with van der Waals surface area (Å²) in [4.78, 5) is 12.0. The molecule has 0 atom stereocenters. The van der Waals surface area contributed by atoms with Crippen LogP contribution in [-0.2, 0) is 16.6 Å². The first-order valence-electron chi connectivity index (χ1n) is 8.12. The normalized spacial score (nSPS) is 11.3. The van der Waals surface area contributed by atoms with Crippen LogP contribution in [0.1, 0.15) is 5.56 Å². The lowest BCUT2D eigenvalue weighted by Gasteiger charge is -2.17. The third-order valence-corrected chi connectivity index (χ3v) is 5.64. The van der Waals surface area contributed by atoms with Gasteiger partial charge in [0, 0.05) is 25.5 Å². The van der Waals surface area contributed by atoms with Crippen molar-refractivity contribution in [2.75, 3.05) is 17.7 Å². The number of nitrogens with zero attached hydrogens (tertiary/aromatic N) is 2. The molecule has 0 spiro atoms. The monoisotopic (exact) mass is 385 g/mol. The molecule has 140 valence electrons. The number of benzene rings is 2. The van der Waals surface area contributed by atoms with Crippen LogP contribution in [-0.4, -0.2) is 36.0 Å². The van der Waals surface area contributed by atoms with Crippen molar-refractivity contribution >= 4 is 27.4 Å². The Morgan fingerprint density at radius 2 is 1.70 bits per heavy atom. The van der Waals surface area contributed by atoms with E-state index in [1.54, 1.807) is 0 Å². The Balaban J connectivity index is 1.65. The van der Waals surface area contributed by atoms with E-state index < -0.39 is 16.1 Å². The van der Waals surface area contributed by atoms with Gasteiger partial charge in [0.25, 0.3) is 0 Å². The summed E-state index contributed by atoms with van der Waals surface area (Å²) in [6.07, 6.45) is 3.01. The molecule has 1 heterocycles. The summed E-state index contributed by atoms with van der Waals surface area (Å²) < 4.78 is 26.7. The smallest absolute Gasteiger partial charge is 0.308 e. The molecule has 0 saturated heterocycles. The highest BCUT2D eigenvalue weighted by Gasteiger charge is 2.20. The Morgan fingerprint density at radius 1 is 1.04 bits per heavy atom. The van der Waals surface area contributed by atoms with Gasteiger partial charge in [0.1, 0.15) is 0 Å². The predicted molar refractivity (Wildman–Crippen MR) is 103 cm³/mol. The third kappa shape index (κ3) is 4.72. The van der Waals surface area contributed by atoms with Crippen LogP contribution >= 0.6 is 0 Å². The van der Waals surface area contributed by atoms with Crippen LogP contribution in [0.4, 0.5) is 16.2 Å². The molecule has 9 heteroatoms. The van der Waals surface area contributed by atoms with Crippen molar-refractivity contribution in [2.45, 2.75) is 11.4 Å². The number of aromatic amines is 1. The van der Waals surface area contributed by atoms with Crippen molar-refractivity contribution in [3.63, 3.8) is 0 Å². The van der Waals surface area contributed by atoms with Crippen molar-refractivity contribution in [1.29, 1.82) is 0 Å². The number of sulfonamides is 1. The van der Waals surface area contributed by atoms with Crippen molar-refractivity contribution < 1.29 is 13.2 Å². The van der Waals surface area contributed by atoms with Crippen molar-refractivity contribution in [3.8, 4) is 0 Å². The Hall–Kier alpha value is -3.17. The molecule has 27 heavy (non-hydrogen) atoms. The predicted octanol–water partition coefficient (Wildman–Crippen LogP) is 2.87. The van der Waals surface area contributed by atoms with Gasteiger partial charge in [-0.1, -0.05) is 30.3 Å². The maximum absolute atomic E-state index is 12.7. The maximum atomic E-state index is 12.7. The topological polar surface area (TPSA) is 107 Å². The Labute approximate surface area is 157 Å². The van der Waals surface area contributed by atoms with E-state index in [0.717, 1.165) is 5.56 Å². The number of hydrogen-bond donors (Lipinski definition) is 3. The Bertz CT molecular complexity index is 987. The minimum atomic E-state index is -3.63. The van der Waals surface area contributed by atoms with Crippen molar-refractivity contribution in [1.82, 2.24) is 14.5 Å². The second kappa shape index (κ2) is 8.02. The molecule has 3 N–H and O–H groups in total. The summed E-state index contributed by atoms with van der Waals surface area (Å²) in [5, 5.41) is 11.5. The average molecular weight is 385 g/mol. The maximum Gasteiger partial charge on any atom is 0.323 e. The van der Waals surface area contributed by atoms with Gasteiger partial charge in [0.05, 0.1) is 16.8 Å². The van der Waals surface area contributed by atoms with Crippen LogP contribution in [0.5, 0.6) is 0 Å². The number of rotatable bonds is 6. The molecule has 3 rings (SSSR count). The van der Waals surface area contributed by atoms with Crippen LogP contribution in [0.3, 0.4) is 0 Å². The van der Waals surface area contributed by atoms with Gasteiger partial charge in [0.15, 0.2) is 0 Å². The number of urea groups is 1. The first-order chi connectivity index (χ1) is 12.9. The SMILES string of the molecule is CN(Cc1ccccc1)S(=O)(=O)c1ccc(NC(=O)Nc2cn[nH]c2)cc1. The molecule has 0 radical (unpaired) electrons. The lowest BCUT2D eigenvalue weighted by molar-refractivity contribution is 0.262. The minimum Gasteiger partial charge on any atom is -0.308 e. The standard InChI is InChI=1S/C18H19N5O3S/c1-23(13-14-5-3-2-4-6-14)27(25,26)17-9-7-15(8-10-17)21-18(24)22-16-11-19-20-12-16/h2-12H,13H2,1H3,(H,19,20)(H2,21,22,24). The van der Waals surface area contributed by atoms with Gasteiger partial charge in [-0.2, -0.15) is 9.40 Å².